The molecule has 86 valence electrons. The lowest BCUT2D eigenvalue weighted by molar-refractivity contribution is -0.0925. The summed E-state index contributed by atoms with van der Waals surface area (Å²) in [5, 5.41) is 0. The van der Waals surface area contributed by atoms with E-state index in [1.165, 1.54) is 7.05 Å². The van der Waals surface area contributed by atoms with Gasteiger partial charge in [0.2, 0.25) is 0 Å². The van der Waals surface area contributed by atoms with Gasteiger partial charge in [-0.05, 0) is 18.9 Å². The van der Waals surface area contributed by atoms with Crippen molar-refractivity contribution in [2.45, 2.75) is 31.9 Å². The third-order valence-corrected chi connectivity index (χ3v) is 2.66. The minimum Gasteiger partial charge on any atom is -0.395 e. The zero-order chi connectivity index (χ0) is 11.5. The largest absolute Gasteiger partial charge is 0.430 e. The number of nitrogens with two attached hydrogens (primary N) is 1. The van der Waals surface area contributed by atoms with E-state index in [0.717, 1.165) is 31.8 Å². The van der Waals surface area contributed by atoms with Crippen LogP contribution in [0, 0.1) is 5.92 Å². The molecule has 2 N–H and O–H groups in total. The van der Waals surface area contributed by atoms with E-state index in [1.807, 2.05) is 0 Å². The van der Waals surface area contributed by atoms with Crippen molar-refractivity contribution in [2.75, 3.05) is 7.05 Å². The Labute approximate surface area is 87.1 Å². The second kappa shape index (κ2) is 4.68. The molecule has 1 saturated carbocycles. The molecule has 1 rings (SSSR count). The van der Waals surface area contributed by atoms with E-state index in [2.05, 4.69) is 4.99 Å². The maximum Gasteiger partial charge on any atom is 0.430 e. The molecule has 0 unspecified atom stereocenters. The second-order valence-corrected chi connectivity index (χ2v) is 3.73. The lowest BCUT2D eigenvalue weighted by Gasteiger charge is -2.11. The minimum atomic E-state index is -4.45. The number of alkyl halides is 3. The molecule has 2 nitrogen and oxygen atoms in total. The maximum absolute atomic E-state index is 12.2. The minimum absolute atomic E-state index is 0.149. The Kier molecular flexibility index (Phi) is 3.77. The highest BCUT2D eigenvalue weighted by molar-refractivity contribution is 5.97. The molecule has 1 fully saturated rings. The molecule has 0 spiro atoms. The van der Waals surface area contributed by atoms with Gasteiger partial charge in [-0.2, -0.15) is 13.2 Å². The summed E-state index contributed by atoms with van der Waals surface area (Å²) in [6.07, 6.45) is 0.458. The van der Waals surface area contributed by atoms with E-state index in [1.54, 1.807) is 0 Å². The van der Waals surface area contributed by atoms with Gasteiger partial charge in [-0.15, -0.1) is 0 Å². The molecule has 0 radical (unpaired) electrons. The second-order valence-electron chi connectivity index (χ2n) is 3.73. The van der Waals surface area contributed by atoms with Crippen molar-refractivity contribution in [3.8, 4) is 0 Å². The predicted molar refractivity (Wildman–Crippen MR) is 53.6 cm³/mol. The summed E-state index contributed by atoms with van der Waals surface area (Å²) >= 11 is 0. The van der Waals surface area contributed by atoms with Crippen LogP contribution in [0.25, 0.3) is 0 Å². The van der Waals surface area contributed by atoms with Crippen LogP contribution < -0.4 is 5.73 Å². The van der Waals surface area contributed by atoms with Crippen LogP contribution in [0.2, 0.25) is 0 Å². The van der Waals surface area contributed by atoms with E-state index in [0.29, 0.717) is 5.71 Å². The van der Waals surface area contributed by atoms with E-state index >= 15 is 0 Å². The zero-order valence-corrected chi connectivity index (χ0v) is 8.64. The highest BCUT2D eigenvalue weighted by Crippen LogP contribution is 2.28. The Morgan fingerprint density at radius 1 is 1.33 bits per heavy atom. The molecule has 0 heterocycles. The van der Waals surface area contributed by atoms with Crippen LogP contribution in [0.5, 0.6) is 0 Å². The van der Waals surface area contributed by atoms with E-state index in [4.69, 9.17) is 5.73 Å². The molecule has 0 aliphatic heterocycles. The molecule has 1 aliphatic rings. The summed E-state index contributed by atoms with van der Waals surface area (Å²) in [6, 6.07) is 0. The molecule has 5 heteroatoms. The standard InChI is InChI=1S/C10H15F3N2/c1-15-8(7-4-2-3-5-7)6-9(14)10(11,12)13/h6-7H,2-5,14H2,1H3. The SMILES string of the molecule is CN=C(C=C(N)C(F)(F)F)C1CCCC1. The van der Waals surface area contributed by atoms with Crippen molar-refractivity contribution in [3.05, 3.63) is 11.8 Å². The number of nitrogens with zero attached hydrogens (tertiary/aromatic N) is 1. The number of aliphatic imine (C=N–C) groups is 1. The number of hydrogen-bond donors (Lipinski definition) is 1. The third-order valence-electron chi connectivity index (χ3n) is 2.66. The third kappa shape index (κ3) is 3.25. The first-order valence-corrected chi connectivity index (χ1v) is 4.96. The molecule has 0 bridgehead atoms. The summed E-state index contributed by atoms with van der Waals surface area (Å²) in [5.74, 6) is 0.149. The summed E-state index contributed by atoms with van der Waals surface area (Å²) in [5.41, 5.74) is 4.36. The van der Waals surface area contributed by atoms with Gasteiger partial charge in [0.05, 0.1) is 0 Å². The topological polar surface area (TPSA) is 38.4 Å². The van der Waals surface area contributed by atoms with E-state index in [9.17, 15) is 13.2 Å². The fourth-order valence-electron chi connectivity index (χ4n) is 1.83. The molecule has 0 atom stereocenters. The van der Waals surface area contributed by atoms with Gasteiger partial charge in [-0.25, -0.2) is 0 Å². The highest BCUT2D eigenvalue weighted by Gasteiger charge is 2.32. The van der Waals surface area contributed by atoms with Gasteiger partial charge in [-0.1, -0.05) is 12.8 Å². The van der Waals surface area contributed by atoms with Gasteiger partial charge >= 0.3 is 6.18 Å². The van der Waals surface area contributed by atoms with Crippen molar-refractivity contribution >= 4 is 5.71 Å². The van der Waals surface area contributed by atoms with Gasteiger partial charge in [0, 0.05) is 18.7 Å². The van der Waals surface area contributed by atoms with Crippen molar-refractivity contribution in [2.24, 2.45) is 16.6 Å². The fraction of sp³-hybridized carbons (Fsp3) is 0.700. The normalized spacial score (nSPS) is 21.1. The van der Waals surface area contributed by atoms with E-state index in [-0.39, 0.29) is 5.92 Å². The van der Waals surface area contributed by atoms with Crippen LogP contribution >= 0.6 is 0 Å². The summed E-state index contributed by atoms with van der Waals surface area (Å²) in [4.78, 5) is 3.88. The molecule has 1 aliphatic carbocycles. The average Bonchev–Trinajstić information content (AvgIpc) is 2.64. The quantitative estimate of drug-likeness (QED) is 0.714. The van der Waals surface area contributed by atoms with Gasteiger partial charge in [0.15, 0.2) is 0 Å². The zero-order valence-electron chi connectivity index (χ0n) is 8.64. The number of halogens is 3. The summed E-state index contributed by atoms with van der Waals surface area (Å²) in [6.45, 7) is 0. The Bertz CT molecular complexity index is 273. The van der Waals surface area contributed by atoms with Gasteiger partial charge in [0.25, 0.3) is 0 Å². The molecule has 0 aromatic heterocycles. The summed E-state index contributed by atoms with van der Waals surface area (Å²) in [7, 11) is 1.51. The number of hydrogen-bond acceptors (Lipinski definition) is 2. The fourth-order valence-corrected chi connectivity index (χ4v) is 1.83. The van der Waals surface area contributed by atoms with Crippen molar-refractivity contribution in [1.29, 1.82) is 0 Å². The average molecular weight is 220 g/mol. The van der Waals surface area contributed by atoms with Gasteiger partial charge < -0.3 is 5.73 Å². The molecule has 0 aromatic carbocycles. The first-order chi connectivity index (χ1) is 6.95. The maximum atomic E-state index is 12.2. The molecule has 0 amide bonds. The van der Waals surface area contributed by atoms with Crippen LogP contribution in [-0.4, -0.2) is 18.9 Å². The Morgan fingerprint density at radius 3 is 2.27 bits per heavy atom. The summed E-state index contributed by atoms with van der Waals surface area (Å²) < 4.78 is 36.6. The van der Waals surface area contributed by atoms with Gasteiger partial charge in [-0.3, -0.25) is 4.99 Å². The van der Waals surface area contributed by atoms with Crippen LogP contribution in [0.3, 0.4) is 0 Å². The van der Waals surface area contributed by atoms with Crippen LogP contribution in [-0.2, 0) is 0 Å². The predicted octanol–water partition coefficient (Wildman–Crippen LogP) is 2.65. The van der Waals surface area contributed by atoms with Crippen molar-refractivity contribution in [3.63, 3.8) is 0 Å². The van der Waals surface area contributed by atoms with Crippen LogP contribution in [0.1, 0.15) is 25.7 Å². The van der Waals surface area contributed by atoms with Crippen LogP contribution in [0.15, 0.2) is 16.8 Å². The molecule has 15 heavy (non-hydrogen) atoms. The Balaban J connectivity index is 2.77. The molecule has 0 saturated heterocycles. The highest BCUT2D eigenvalue weighted by atomic mass is 19.4. The van der Waals surface area contributed by atoms with Crippen molar-refractivity contribution in [1.82, 2.24) is 0 Å². The van der Waals surface area contributed by atoms with Gasteiger partial charge in [0.1, 0.15) is 5.70 Å². The van der Waals surface area contributed by atoms with Crippen molar-refractivity contribution < 1.29 is 13.2 Å². The number of allylic oxidation sites excluding steroid dienone is 2. The smallest absolute Gasteiger partial charge is 0.395 e. The Hall–Kier alpha value is -1.00. The monoisotopic (exact) mass is 220 g/mol. The first-order valence-electron chi connectivity index (χ1n) is 4.96. The molecular formula is C10H15F3N2. The molecule has 0 aromatic rings. The van der Waals surface area contributed by atoms with E-state index < -0.39 is 11.9 Å². The number of rotatable bonds is 2. The molecular weight excluding hydrogens is 205 g/mol. The first kappa shape index (κ1) is 12.1. The Morgan fingerprint density at radius 2 is 1.87 bits per heavy atom. The van der Waals surface area contributed by atoms with Crippen LogP contribution in [0.4, 0.5) is 13.2 Å². The lowest BCUT2D eigenvalue weighted by atomic mass is 10.0. The lowest BCUT2D eigenvalue weighted by Crippen LogP contribution is -2.22.